The Labute approximate surface area is 108 Å². The third kappa shape index (κ3) is 4.46. The minimum absolute atomic E-state index is 0.0807. The highest BCUT2D eigenvalue weighted by Gasteiger charge is 2.28. The molecule has 0 spiro atoms. The molecule has 1 aliphatic rings. The van der Waals surface area contributed by atoms with Crippen LogP contribution < -0.4 is 5.73 Å². The summed E-state index contributed by atoms with van der Waals surface area (Å²) < 4.78 is 45.1. The average molecular weight is 279 g/mol. The van der Waals surface area contributed by atoms with E-state index >= 15 is 0 Å². The summed E-state index contributed by atoms with van der Waals surface area (Å²) in [5.41, 5.74) is 5.79. The molecule has 2 N–H and O–H groups in total. The van der Waals surface area contributed by atoms with Crippen LogP contribution in [0.5, 0.6) is 0 Å². The van der Waals surface area contributed by atoms with Crippen molar-refractivity contribution in [3.63, 3.8) is 0 Å². The molecule has 0 saturated heterocycles. The maximum Gasteiger partial charge on any atom is 0.411 e. The van der Waals surface area contributed by atoms with Crippen molar-refractivity contribution in [3.05, 3.63) is 11.7 Å². The minimum Gasteiger partial charge on any atom is -0.372 e. The fourth-order valence-corrected chi connectivity index (χ4v) is 2.13. The van der Waals surface area contributed by atoms with Crippen LogP contribution in [0, 0.1) is 0 Å². The van der Waals surface area contributed by atoms with Gasteiger partial charge in [0.05, 0.1) is 6.61 Å². The first kappa shape index (κ1) is 14.3. The summed E-state index contributed by atoms with van der Waals surface area (Å²) in [6, 6.07) is 0.162. The molecule has 1 aliphatic carbocycles. The zero-order chi connectivity index (χ0) is 13.9. The molecule has 1 aromatic heterocycles. The Morgan fingerprint density at radius 3 is 2.79 bits per heavy atom. The fourth-order valence-electron chi connectivity index (χ4n) is 2.13. The molecule has 0 aliphatic heterocycles. The molecule has 8 heteroatoms. The minimum atomic E-state index is -4.30. The Morgan fingerprint density at radius 1 is 1.37 bits per heavy atom. The summed E-state index contributed by atoms with van der Waals surface area (Å²) in [6.07, 6.45) is -1.45. The summed E-state index contributed by atoms with van der Waals surface area (Å²) >= 11 is 0. The Hall–Kier alpha value is -1.15. The third-order valence-corrected chi connectivity index (χ3v) is 3.04. The predicted octanol–water partition coefficient (Wildman–Crippen LogP) is 1.79. The molecule has 1 fully saturated rings. The van der Waals surface area contributed by atoms with Crippen molar-refractivity contribution >= 4 is 0 Å². The molecular weight excluding hydrogens is 263 g/mol. The number of halogens is 3. The highest BCUT2D eigenvalue weighted by atomic mass is 19.4. The number of ether oxygens (including phenoxy) is 1. The van der Waals surface area contributed by atoms with Crippen LogP contribution in [-0.4, -0.2) is 35.6 Å². The Bertz CT molecular complexity index is 408. The van der Waals surface area contributed by atoms with Gasteiger partial charge in [-0.3, -0.25) is 0 Å². The lowest BCUT2D eigenvalue weighted by molar-refractivity contribution is -0.173. The van der Waals surface area contributed by atoms with Crippen molar-refractivity contribution in [2.45, 2.75) is 43.8 Å². The van der Waals surface area contributed by atoms with Crippen molar-refractivity contribution in [2.75, 3.05) is 13.2 Å². The molecule has 2 atom stereocenters. The molecule has 0 radical (unpaired) electrons. The van der Waals surface area contributed by atoms with E-state index in [0.717, 1.165) is 19.3 Å². The van der Waals surface area contributed by atoms with Gasteiger partial charge in [-0.2, -0.15) is 18.2 Å². The highest BCUT2D eigenvalue weighted by Crippen LogP contribution is 2.32. The largest absolute Gasteiger partial charge is 0.411 e. The van der Waals surface area contributed by atoms with Crippen molar-refractivity contribution in [2.24, 2.45) is 5.73 Å². The van der Waals surface area contributed by atoms with Gasteiger partial charge in [0.25, 0.3) is 0 Å². The summed E-state index contributed by atoms with van der Waals surface area (Å²) in [5.74, 6) is 1.07. The normalized spacial score (nSPS) is 24.0. The van der Waals surface area contributed by atoms with Gasteiger partial charge in [-0.1, -0.05) is 5.16 Å². The number of aromatic nitrogens is 2. The molecule has 5 nitrogen and oxygen atoms in total. The maximum atomic E-state index is 11.8. The molecule has 108 valence electrons. The molecule has 2 rings (SSSR count). The molecule has 2 unspecified atom stereocenters. The summed E-state index contributed by atoms with van der Waals surface area (Å²) in [4.78, 5) is 4.17. The number of nitrogens with zero attached hydrogens (tertiary/aromatic N) is 2. The standard InChI is InChI=1S/C11H16F3N3O2/c12-11(13,14)6-18-4-3-9-16-10(19-17-9)7-1-2-8(15)5-7/h7-8H,1-6,15H2. The Morgan fingerprint density at radius 2 is 2.16 bits per heavy atom. The molecule has 19 heavy (non-hydrogen) atoms. The topological polar surface area (TPSA) is 74.2 Å². The second-order valence-electron chi connectivity index (χ2n) is 4.74. The lowest BCUT2D eigenvalue weighted by Crippen LogP contribution is -2.18. The van der Waals surface area contributed by atoms with Crippen LogP contribution in [0.4, 0.5) is 13.2 Å². The van der Waals surface area contributed by atoms with Gasteiger partial charge >= 0.3 is 6.18 Å². The van der Waals surface area contributed by atoms with E-state index in [-0.39, 0.29) is 25.0 Å². The van der Waals surface area contributed by atoms with Gasteiger partial charge < -0.3 is 15.0 Å². The quantitative estimate of drug-likeness (QED) is 0.832. The van der Waals surface area contributed by atoms with E-state index < -0.39 is 12.8 Å². The van der Waals surface area contributed by atoms with Gasteiger partial charge in [-0.15, -0.1) is 0 Å². The van der Waals surface area contributed by atoms with Crippen molar-refractivity contribution < 1.29 is 22.4 Å². The number of nitrogens with two attached hydrogens (primary N) is 1. The van der Waals surface area contributed by atoms with Crippen molar-refractivity contribution in [1.82, 2.24) is 10.1 Å². The van der Waals surface area contributed by atoms with E-state index in [1.54, 1.807) is 0 Å². The van der Waals surface area contributed by atoms with E-state index in [1.807, 2.05) is 0 Å². The first-order chi connectivity index (χ1) is 8.94. The van der Waals surface area contributed by atoms with E-state index in [2.05, 4.69) is 14.9 Å². The van der Waals surface area contributed by atoms with Gasteiger partial charge in [0.2, 0.25) is 5.89 Å². The molecular formula is C11H16F3N3O2. The fraction of sp³-hybridized carbons (Fsp3) is 0.818. The maximum absolute atomic E-state index is 11.8. The van der Waals surface area contributed by atoms with Gasteiger partial charge in [-0.05, 0) is 19.3 Å². The highest BCUT2D eigenvalue weighted by molar-refractivity contribution is 4.99. The molecule has 0 amide bonds. The van der Waals surface area contributed by atoms with Crippen LogP contribution in [0.3, 0.4) is 0 Å². The summed E-state index contributed by atoms with van der Waals surface area (Å²) in [6.45, 7) is -1.34. The third-order valence-electron chi connectivity index (χ3n) is 3.04. The van der Waals surface area contributed by atoms with Crippen molar-refractivity contribution in [3.8, 4) is 0 Å². The molecule has 1 aromatic rings. The zero-order valence-electron chi connectivity index (χ0n) is 10.3. The first-order valence-corrected chi connectivity index (χ1v) is 6.16. The Balaban J connectivity index is 1.75. The van der Waals surface area contributed by atoms with Crippen LogP contribution >= 0.6 is 0 Å². The van der Waals surface area contributed by atoms with E-state index in [0.29, 0.717) is 11.7 Å². The van der Waals surface area contributed by atoms with Gasteiger partial charge in [0, 0.05) is 18.4 Å². The smallest absolute Gasteiger partial charge is 0.372 e. The SMILES string of the molecule is NC1CCC(c2nc(CCOCC(F)(F)F)no2)C1. The molecule has 0 bridgehead atoms. The van der Waals surface area contributed by atoms with Crippen molar-refractivity contribution in [1.29, 1.82) is 0 Å². The molecule has 0 aromatic carbocycles. The van der Waals surface area contributed by atoms with Crippen LogP contribution in [0.15, 0.2) is 4.52 Å². The average Bonchev–Trinajstić information content (AvgIpc) is 2.92. The van der Waals surface area contributed by atoms with Gasteiger partial charge in [0.15, 0.2) is 5.82 Å². The number of rotatable bonds is 5. The van der Waals surface area contributed by atoms with E-state index in [4.69, 9.17) is 10.3 Å². The molecule has 1 saturated carbocycles. The summed E-state index contributed by atoms with van der Waals surface area (Å²) in [5, 5.41) is 3.73. The molecule has 1 heterocycles. The number of hydrogen-bond acceptors (Lipinski definition) is 5. The predicted molar refractivity (Wildman–Crippen MR) is 59.4 cm³/mol. The van der Waals surface area contributed by atoms with Gasteiger partial charge in [0.1, 0.15) is 6.61 Å². The van der Waals surface area contributed by atoms with Crippen LogP contribution in [-0.2, 0) is 11.2 Å². The second-order valence-corrected chi connectivity index (χ2v) is 4.74. The zero-order valence-corrected chi connectivity index (χ0v) is 10.3. The van der Waals surface area contributed by atoms with Gasteiger partial charge in [-0.25, -0.2) is 0 Å². The number of hydrogen-bond donors (Lipinski definition) is 1. The lowest BCUT2D eigenvalue weighted by Gasteiger charge is -2.05. The lowest BCUT2D eigenvalue weighted by atomic mass is 10.1. The second kappa shape index (κ2) is 5.87. The van der Waals surface area contributed by atoms with E-state index in [9.17, 15) is 13.2 Å². The van der Waals surface area contributed by atoms with E-state index in [1.165, 1.54) is 0 Å². The Kier molecular flexibility index (Phi) is 4.41. The monoisotopic (exact) mass is 279 g/mol. The van der Waals surface area contributed by atoms with Crippen LogP contribution in [0.1, 0.15) is 36.9 Å². The first-order valence-electron chi connectivity index (χ1n) is 6.16. The van der Waals surface area contributed by atoms with Crippen LogP contribution in [0.25, 0.3) is 0 Å². The summed E-state index contributed by atoms with van der Waals surface area (Å²) in [7, 11) is 0. The van der Waals surface area contributed by atoms with Crippen LogP contribution in [0.2, 0.25) is 0 Å². The number of alkyl halides is 3.